The molecule has 0 spiro atoms. The van der Waals surface area contributed by atoms with Gasteiger partial charge in [0.2, 0.25) is 0 Å². The van der Waals surface area contributed by atoms with Crippen molar-refractivity contribution >= 4 is 33.2 Å². The Morgan fingerprint density at radius 3 is 3.00 bits per heavy atom. The van der Waals surface area contributed by atoms with Gasteiger partial charge in [0.05, 0.1) is 5.56 Å². The maximum Gasteiger partial charge on any atom is 0.292 e. The Balaban J connectivity index is 1.68. The van der Waals surface area contributed by atoms with E-state index in [0.29, 0.717) is 22.2 Å². The predicted molar refractivity (Wildman–Crippen MR) is 109 cm³/mol. The number of carbonyl (C=O) groups excluding carboxylic acids is 1. The Hall–Kier alpha value is -2.58. The highest BCUT2D eigenvalue weighted by atomic mass is 32.1. The van der Waals surface area contributed by atoms with Gasteiger partial charge in [0.25, 0.3) is 5.91 Å². The van der Waals surface area contributed by atoms with E-state index in [1.807, 2.05) is 19.1 Å². The van der Waals surface area contributed by atoms with Crippen LogP contribution in [-0.2, 0) is 19.3 Å². The van der Waals surface area contributed by atoms with Crippen molar-refractivity contribution in [3.8, 4) is 6.07 Å². The summed E-state index contributed by atoms with van der Waals surface area (Å²) in [6, 6.07) is 8.32. The van der Waals surface area contributed by atoms with Gasteiger partial charge in [-0.1, -0.05) is 19.9 Å². The molecule has 2 heterocycles. The van der Waals surface area contributed by atoms with Crippen LogP contribution in [0, 0.1) is 24.2 Å². The number of carbonyl (C=O) groups is 1. The van der Waals surface area contributed by atoms with Crippen molar-refractivity contribution < 1.29 is 9.21 Å². The number of hydrogen-bond donors (Lipinski definition) is 1. The topological polar surface area (TPSA) is 66.0 Å². The van der Waals surface area contributed by atoms with Crippen LogP contribution >= 0.6 is 11.3 Å². The number of aryl methyl sites for hydroxylation is 2. The molecule has 4 nitrogen and oxygen atoms in total. The lowest BCUT2D eigenvalue weighted by atomic mass is 9.88. The van der Waals surface area contributed by atoms with E-state index in [2.05, 4.69) is 31.3 Å². The number of nitriles is 1. The molecule has 4 rings (SSSR count). The zero-order valence-electron chi connectivity index (χ0n) is 15.8. The number of furan rings is 1. The summed E-state index contributed by atoms with van der Waals surface area (Å²) in [5.41, 5.74) is 4.51. The number of hydrogen-bond acceptors (Lipinski definition) is 4. The summed E-state index contributed by atoms with van der Waals surface area (Å²) in [4.78, 5) is 14.1. The average molecular weight is 378 g/mol. The number of rotatable bonds is 3. The van der Waals surface area contributed by atoms with Gasteiger partial charge in [0.15, 0.2) is 5.76 Å². The minimum Gasteiger partial charge on any atom is -0.451 e. The van der Waals surface area contributed by atoms with Crippen LogP contribution in [0.5, 0.6) is 0 Å². The number of benzene rings is 1. The maximum atomic E-state index is 12.9. The number of fused-ring (bicyclic) bond motifs is 2. The van der Waals surface area contributed by atoms with Crippen LogP contribution in [0.15, 0.2) is 22.6 Å². The molecule has 0 saturated carbocycles. The molecule has 1 atom stereocenters. The van der Waals surface area contributed by atoms with Crippen molar-refractivity contribution in [2.45, 2.75) is 46.5 Å². The summed E-state index contributed by atoms with van der Waals surface area (Å²) in [6.45, 7) is 6.24. The van der Waals surface area contributed by atoms with Crippen LogP contribution in [0.3, 0.4) is 0 Å². The summed E-state index contributed by atoms with van der Waals surface area (Å²) in [7, 11) is 0. The van der Waals surface area contributed by atoms with Gasteiger partial charge in [0, 0.05) is 15.8 Å². The average Bonchev–Trinajstić information content (AvgIpc) is 3.17. The first-order valence-corrected chi connectivity index (χ1v) is 10.2. The zero-order chi connectivity index (χ0) is 19.1. The molecule has 0 bridgehead atoms. The van der Waals surface area contributed by atoms with Crippen molar-refractivity contribution in [1.82, 2.24) is 0 Å². The van der Waals surface area contributed by atoms with Crippen molar-refractivity contribution in [2.24, 2.45) is 5.92 Å². The number of amides is 1. The van der Waals surface area contributed by atoms with E-state index in [1.54, 1.807) is 0 Å². The molecule has 1 aliphatic rings. The Morgan fingerprint density at radius 2 is 2.26 bits per heavy atom. The monoisotopic (exact) mass is 378 g/mol. The van der Waals surface area contributed by atoms with Crippen molar-refractivity contribution in [3.05, 3.63) is 51.1 Å². The molecule has 0 aliphatic heterocycles. The molecular formula is C22H22N2O2S. The molecular weight excluding hydrogens is 356 g/mol. The first-order chi connectivity index (χ1) is 13.0. The summed E-state index contributed by atoms with van der Waals surface area (Å²) in [5, 5.41) is 14.2. The second kappa shape index (κ2) is 6.86. The van der Waals surface area contributed by atoms with Crippen molar-refractivity contribution in [3.63, 3.8) is 0 Å². The molecule has 0 saturated heterocycles. The molecule has 3 aromatic rings. The second-order valence-electron chi connectivity index (χ2n) is 7.36. The lowest BCUT2D eigenvalue weighted by Crippen LogP contribution is -2.12. The molecule has 1 unspecified atom stereocenters. The summed E-state index contributed by atoms with van der Waals surface area (Å²) in [5.74, 6) is 0.656. The quantitative estimate of drug-likeness (QED) is 0.644. The lowest BCUT2D eigenvalue weighted by molar-refractivity contribution is 0.0998. The highest BCUT2D eigenvalue weighted by Gasteiger charge is 2.26. The number of nitrogens with one attached hydrogen (secondary N) is 1. The van der Waals surface area contributed by atoms with E-state index in [9.17, 15) is 10.1 Å². The van der Waals surface area contributed by atoms with Crippen LogP contribution in [-0.4, -0.2) is 5.91 Å². The van der Waals surface area contributed by atoms with Crippen LogP contribution in [0.2, 0.25) is 0 Å². The first-order valence-electron chi connectivity index (χ1n) is 9.39. The number of nitrogens with zero attached hydrogens (tertiary/aromatic N) is 1. The number of thiophene rings is 1. The summed E-state index contributed by atoms with van der Waals surface area (Å²) < 4.78 is 5.83. The standard InChI is InChI=1S/C22H22N2O2S/c1-4-14-6-8-18-16(10-14)13(3)20(26-18)21(25)24-22-17(11-23)15-7-5-12(2)9-19(15)27-22/h6,8,10,12H,4-5,7,9H2,1-3H3,(H,24,25). The first kappa shape index (κ1) is 17.8. The van der Waals surface area contributed by atoms with Gasteiger partial charge in [-0.25, -0.2) is 0 Å². The van der Waals surface area contributed by atoms with Crippen LogP contribution in [0.1, 0.15) is 58.0 Å². The molecule has 0 radical (unpaired) electrons. The molecule has 1 aromatic carbocycles. The third kappa shape index (κ3) is 3.04. The number of anilines is 1. The van der Waals surface area contributed by atoms with Gasteiger partial charge in [-0.3, -0.25) is 4.79 Å². The molecule has 138 valence electrons. The Bertz CT molecular complexity index is 1080. The second-order valence-corrected chi connectivity index (χ2v) is 8.47. The van der Waals surface area contributed by atoms with Crippen molar-refractivity contribution in [2.75, 3.05) is 5.32 Å². The zero-order valence-corrected chi connectivity index (χ0v) is 16.6. The Labute approximate surface area is 162 Å². The van der Waals surface area contributed by atoms with E-state index < -0.39 is 0 Å². The maximum absolute atomic E-state index is 12.9. The van der Waals surface area contributed by atoms with Gasteiger partial charge in [-0.15, -0.1) is 11.3 Å². The van der Waals surface area contributed by atoms with Gasteiger partial charge in [-0.05, 0) is 61.8 Å². The molecule has 1 aliphatic carbocycles. The minimum absolute atomic E-state index is 0.287. The Kier molecular flexibility index (Phi) is 4.53. The van der Waals surface area contributed by atoms with E-state index in [0.717, 1.165) is 47.8 Å². The smallest absolute Gasteiger partial charge is 0.292 e. The molecule has 2 aromatic heterocycles. The highest BCUT2D eigenvalue weighted by molar-refractivity contribution is 7.16. The molecule has 1 N–H and O–H groups in total. The van der Waals surface area contributed by atoms with E-state index >= 15 is 0 Å². The fourth-order valence-electron chi connectivity index (χ4n) is 3.82. The van der Waals surface area contributed by atoms with Gasteiger partial charge in [-0.2, -0.15) is 5.26 Å². The van der Waals surface area contributed by atoms with E-state index in [4.69, 9.17) is 4.42 Å². The fraction of sp³-hybridized carbons (Fsp3) is 0.364. The largest absolute Gasteiger partial charge is 0.451 e. The van der Waals surface area contributed by atoms with E-state index in [-0.39, 0.29) is 5.91 Å². The molecule has 5 heteroatoms. The minimum atomic E-state index is -0.287. The summed E-state index contributed by atoms with van der Waals surface area (Å²) in [6.07, 6.45) is 3.92. The predicted octanol–water partition coefficient (Wildman–Crippen LogP) is 5.61. The molecule has 27 heavy (non-hydrogen) atoms. The van der Waals surface area contributed by atoms with Gasteiger partial charge in [0.1, 0.15) is 16.7 Å². The Morgan fingerprint density at radius 1 is 1.44 bits per heavy atom. The van der Waals surface area contributed by atoms with Crippen LogP contribution < -0.4 is 5.32 Å². The fourth-order valence-corrected chi connectivity index (χ4v) is 5.18. The van der Waals surface area contributed by atoms with Crippen LogP contribution in [0.25, 0.3) is 11.0 Å². The molecule has 0 fully saturated rings. The third-order valence-corrected chi connectivity index (χ3v) is 6.64. The van der Waals surface area contributed by atoms with E-state index in [1.165, 1.54) is 21.8 Å². The third-order valence-electron chi connectivity index (χ3n) is 5.47. The SMILES string of the molecule is CCc1ccc2oc(C(=O)Nc3sc4c(c3C#N)CCC(C)C4)c(C)c2c1. The molecule has 1 amide bonds. The highest BCUT2D eigenvalue weighted by Crippen LogP contribution is 2.39. The van der Waals surface area contributed by atoms with Crippen LogP contribution in [0.4, 0.5) is 5.00 Å². The summed E-state index contributed by atoms with van der Waals surface area (Å²) >= 11 is 1.54. The van der Waals surface area contributed by atoms with Crippen molar-refractivity contribution in [1.29, 1.82) is 5.26 Å². The lowest BCUT2D eigenvalue weighted by Gasteiger charge is -2.17. The normalized spacial score (nSPS) is 16.1. The van der Waals surface area contributed by atoms with Gasteiger partial charge >= 0.3 is 0 Å². The van der Waals surface area contributed by atoms with Gasteiger partial charge < -0.3 is 9.73 Å².